The lowest BCUT2D eigenvalue weighted by Gasteiger charge is -2.12. The zero-order valence-corrected chi connectivity index (χ0v) is 13.3. The number of hydrogen-bond acceptors (Lipinski definition) is 3. The summed E-state index contributed by atoms with van der Waals surface area (Å²) in [5.74, 6) is 1.34. The number of urea groups is 1. The van der Waals surface area contributed by atoms with Crippen LogP contribution in [0.15, 0.2) is 30.7 Å². The molecule has 2 rings (SSSR count). The highest BCUT2D eigenvalue weighted by molar-refractivity contribution is 5.73. The molecule has 0 bridgehead atoms. The van der Waals surface area contributed by atoms with Gasteiger partial charge in [-0.3, -0.25) is 4.98 Å². The van der Waals surface area contributed by atoms with Crippen LogP contribution in [0.5, 0.6) is 0 Å². The van der Waals surface area contributed by atoms with Gasteiger partial charge < -0.3 is 15.2 Å². The van der Waals surface area contributed by atoms with Gasteiger partial charge in [0.25, 0.3) is 0 Å². The van der Waals surface area contributed by atoms with E-state index in [9.17, 15) is 4.79 Å². The minimum absolute atomic E-state index is 0.128. The molecule has 0 aliphatic rings. The van der Waals surface area contributed by atoms with Crippen molar-refractivity contribution in [2.24, 2.45) is 5.92 Å². The van der Waals surface area contributed by atoms with E-state index in [2.05, 4.69) is 39.0 Å². The second kappa shape index (κ2) is 7.59. The molecule has 6 nitrogen and oxygen atoms in total. The number of pyridine rings is 1. The summed E-state index contributed by atoms with van der Waals surface area (Å²) >= 11 is 0. The van der Waals surface area contributed by atoms with Gasteiger partial charge in [0, 0.05) is 49.5 Å². The largest absolute Gasteiger partial charge is 0.338 e. The van der Waals surface area contributed by atoms with Gasteiger partial charge in [-0.1, -0.05) is 13.8 Å². The quantitative estimate of drug-likeness (QED) is 0.859. The Kier molecular flexibility index (Phi) is 5.52. The van der Waals surface area contributed by atoms with Gasteiger partial charge in [0.05, 0.1) is 0 Å². The highest BCUT2D eigenvalue weighted by atomic mass is 16.2. The first-order valence-electron chi connectivity index (χ1n) is 7.52. The van der Waals surface area contributed by atoms with Crippen LogP contribution in [0.1, 0.15) is 19.5 Å². The van der Waals surface area contributed by atoms with Gasteiger partial charge in [0.15, 0.2) is 0 Å². The van der Waals surface area contributed by atoms with Gasteiger partial charge >= 0.3 is 6.03 Å². The van der Waals surface area contributed by atoms with Crippen molar-refractivity contribution in [2.45, 2.75) is 27.3 Å². The van der Waals surface area contributed by atoms with E-state index in [4.69, 9.17) is 0 Å². The first-order valence-corrected chi connectivity index (χ1v) is 7.52. The Morgan fingerprint density at radius 2 is 2.00 bits per heavy atom. The summed E-state index contributed by atoms with van der Waals surface area (Å²) in [5, 5.41) is 5.71. The summed E-state index contributed by atoms with van der Waals surface area (Å²) in [5.41, 5.74) is 2.09. The van der Waals surface area contributed by atoms with Gasteiger partial charge in [-0.15, -0.1) is 0 Å². The van der Waals surface area contributed by atoms with Crippen molar-refractivity contribution in [1.29, 1.82) is 0 Å². The molecule has 0 fully saturated rings. The van der Waals surface area contributed by atoms with Crippen molar-refractivity contribution in [3.05, 3.63) is 36.4 Å². The number of rotatable bonds is 6. The fourth-order valence-corrected chi connectivity index (χ4v) is 2.12. The monoisotopic (exact) mass is 301 g/mol. The predicted molar refractivity (Wildman–Crippen MR) is 86.4 cm³/mol. The van der Waals surface area contributed by atoms with Gasteiger partial charge in [0.2, 0.25) is 0 Å². The zero-order chi connectivity index (χ0) is 15.9. The number of hydrogen-bond donors (Lipinski definition) is 2. The summed E-state index contributed by atoms with van der Waals surface area (Å²) in [6.45, 7) is 8.05. The molecule has 0 aliphatic heterocycles. The van der Waals surface area contributed by atoms with Crippen LogP contribution < -0.4 is 10.6 Å². The molecule has 0 atom stereocenters. The number of aromatic nitrogens is 3. The van der Waals surface area contributed by atoms with Gasteiger partial charge in [-0.2, -0.15) is 0 Å². The van der Waals surface area contributed by atoms with Gasteiger partial charge in [-0.05, 0) is 25.0 Å². The molecule has 0 aliphatic carbocycles. The average Bonchev–Trinajstić information content (AvgIpc) is 2.87. The number of imidazole rings is 1. The predicted octanol–water partition coefficient (Wildman–Crippen LogP) is 2.21. The maximum atomic E-state index is 11.7. The van der Waals surface area contributed by atoms with E-state index in [1.165, 1.54) is 0 Å². The number of nitrogens with one attached hydrogen (secondary N) is 2. The normalized spacial score (nSPS) is 10.7. The van der Waals surface area contributed by atoms with E-state index in [0.29, 0.717) is 25.6 Å². The van der Waals surface area contributed by atoms with E-state index in [0.717, 1.165) is 17.1 Å². The second-order valence-corrected chi connectivity index (χ2v) is 5.64. The molecule has 6 heteroatoms. The third-order valence-electron chi connectivity index (χ3n) is 3.29. The number of carbonyl (C=O) groups is 1. The summed E-state index contributed by atoms with van der Waals surface area (Å²) in [6, 6.07) is 3.74. The molecular formula is C16H23N5O. The minimum atomic E-state index is -0.128. The van der Waals surface area contributed by atoms with E-state index < -0.39 is 0 Å². The average molecular weight is 301 g/mol. The molecule has 2 aromatic rings. The fraction of sp³-hybridized carbons (Fsp3) is 0.438. The van der Waals surface area contributed by atoms with Crippen LogP contribution in [0.3, 0.4) is 0 Å². The van der Waals surface area contributed by atoms with Crippen molar-refractivity contribution in [2.75, 3.05) is 13.1 Å². The van der Waals surface area contributed by atoms with E-state index in [1.54, 1.807) is 12.4 Å². The lowest BCUT2D eigenvalue weighted by Crippen LogP contribution is -2.39. The van der Waals surface area contributed by atoms with Crippen molar-refractivity contribution < 1.29 is 4.79 Å². The maximum absolute atomic E-state index is 11.7. The first-order chi connectivity index (χ1) is 10.6. The summed E-state index contributed by atoms with van der Waals surface area (Å²) in [7, 11) is 0. The van der Waals surface area contributed by atoms with Crippen LogP contribution in [-0.4, -0.2) is 33.7 Å². The lowest BCUT2D eigenvalue weighted by atomic mass is 10.2. The summed E-state index contributed by atoms with van der Waals surface area (Å²) in [4.78, 5) is 20.1. The summed E-state index contributed by atoms with van der Waals surface area (Å²) < 4.78 is 2.10. The molecule has 2 heterocycles. The number of aryl methyl sites for hydroxylation is 1. The lowest BCUT2D eigenvalue weighted by molar-refractivity contribution is 0.239. The molecule has 0 aromatic carbocycles. The van der Waals surface area contributed by atoms with Crippen molar-refractivity contribution >= 4 is 6.03 Å². The van der Waals surface area contributed by atoms with Crippen LogP contribution in [0.4, 0.5) is 4.79 Å². The van der Waals surface area contributed by atoms with Crippen LogP contribution in [0, 0.1) is 12.8 Å². The van der Waals surface area contributed by atoms with E-state index in [1.807, 2.05) is 25.3 Å². The SMILES string of the molecule is Cc1cnc(-c2ccncc2)n1CCNC(=O)NCC(C)C. The van der Waals surface area contributed by atoms with Gasteiger partial charge in [0.1, 0.15) is 5.82 Å². The Morgan fingerprint density at radius 3 is 2.68 bits per heavy atom. The highest BCUT2D eigenvalue weighted by Crippen LogP contribution is 2.18. The molecule has 0 unspecified atom stereocenters. The third kappa shape index (κ3) is 4.31. The molecule has 0 saturated carbocycles. The molecule has 2 aromatic heterocycles. The molecule has 0 spiro atoms. The smallest absolute Gasteiger partial charge is 0.314 e. The topological polar surface area (TPSA) is 71.8 Å². The number of carbonyl (C=O) groups excluding carboxylic acids is 1. The molecular weight excluding hydrogens is 278 g/mol. The molecule has 2 N–H and O–H groups in total. The Morgan fingerprint density at radius 1 is 1.27 bits per heavy atom. The van der Waals surface area contributed by atoms with Crippen LogP contribution >= 0.6 is 0 Å². The molecule has 2 amide bonds. The molecule has 0 radical (unpaired) electrons. The molecule has 0 saturated heterocycles. The Balaban J connectivity index is 1.94. The molecule has 22 heavy (non-hydrogen) atoms. The Hall–Kier alpha value is -2.37. The van der Waals surface area contributed by atoms with Crippen molar-refractivity contribution in [1.82, 2.24) is 25.2 Å². The maximum Gasteiger partial charge on any atom is 0.314 e. The van der Waals surface area contributed by atoms with Crippen LogP contribution in [0.25, 0.3) is 11.4 Å². The first kappa shape index (κ1) is 16.0. The summed E-state index contributed by atoms with van der Waals surface area (Å²) in [6.07, 6.45) is 5.34. The van der Waals surface area contributed by atoms with Gasteiger partial charge in [-0.25, -0.2) is 9.78 Å². The standard InChI is InChI=1S/C16H23N5O/c1-12(2)10-20-16(22)18-8-9-21-13(3)11-19-15(21)14-4-6-17-7-5-14/h4-7,11-12H,8-10H2,1-3H3,(H2,18,20,22). The fourth-order valence-electron chi connectivity index (χ4n) is 2.12. The second-order valence-electron chi connectivity index (χ2n) is 5.64. The van der Waals surface area contributed by atoms with Crippen molar-refractivity contribution in [3.8, 4) is 11.4 Å². The highest BCUT2D eigenvalue weighted by Gasteiger charge is 2.09. The van der Waals surface area contributed by atoms with E-state index in [-0.39, 0.29) is 6.03 Å². The third-order valence-corrected chi connectivity index (χ3v) is 3.29. The molecule has 118 valence electrons. The minimum Gasteiger partial charge on any atom is -0.338 e. The number of amides is 2. The number of nitrogens with zero attached hydrogens (tertiary/aromatic N) is 3. The van der Waals surface area contributed by atoms with Crippen LogP contribution in [0.2, 0.25) is 0 Å². The Bertz CT molecular complexity index is 606. The van der Waals surface area contributed by atoms with E-state index >= 15 is 0 Å². The van der Waals surface area contributed by atoms with Crippen LogP contribution in [-0.2, 0) is 6.54 Å². The zero-order valence-electron chi connectivity index (χ0n) is 13.3. The van der Waals surface area contributed by atoms with Crippen molar-refractivity contribution in [3.63, 3.8) is 0 Å². The Labute approximate surface area is 131 Å².